The summed E-state index contributed by atoms with van der Waals surface area (Å²) in [6, 6.07) is 5.99. The van der Waals surface area contributed by atoms with Gasteiger partial charge in [-0.15, -0.1) is 0 Å². The van der Waals surface area contributed by atoms with E-state index < -0.39 is 0 Å². The number of benzene rings is 1. The Labute approximate surface area is 176 Å². The van der Waals surface area contributed by atoms with E-state index in [4.69, 9.17) is 15.5 Å². The van der Waals surface area contributed by atoms with Gasteiger partial charge in [0.05, 0.1) is 7.11 Å². The van der Waals surface area contributed by atoms with Crippen molar-refractivity contribution in [2.75, 3.05) is 19.4 Å². The smallest absolute Gasteiger partial charge is 0.175 e. The summed E-state index contributed by atoms with van der Waals surface area (Å²) in [5, 5.41) is 4.34. The Bertz CT molecular complexity index is 953. The molecule has 0 spiro atoms. The minimum absolute atomic E-state index is 0.0415. The highest BCUT2D eigenvalue weighted by Gasteiger charge is 2.18. The Morgan fingerprint density at radius 1 is 1.30 bits per heavy atom. The van der Waals surface area contributed by atoms with Crippen LogP contribution >= 0.6 is 34.4 Å². The molecule has 9 heteroatoms. The van der Waals surface area contributed by atoms with Crippen LogP contribution in [0.3, 0.4) is 0 Å². The van der Waals surface area contributed by atoms with Gasteiger partial charge >= 0.3 is 0 Å². The number of aromatic nitrogens is 4. The van der Waals surface area contributed by atoms with Gasteiger partial charge in [0.1, 0.15) is 12.1 Å². The minimum Gasteiger partial charge on any atom is -0.497 e. The summed E-state index contributed by atoms with van der Waals surface area (Å²) in [7, 11) is 1.67. The summed E-state index contributed by atoms with van der Waals surface area (Å²) in [4.78, 5) is 14.3. The summed E-state index contributed by atoms with van der Waals surface area (Å²) in [6.45, 7) is 7.96. The van der Waals surface area contributed by atoms with Crippen molar-refractivity contribution in [3.8, 4) is 5.75 Å². The van der Waals surface area contributed by atoms with Gasteiger partial charge in [0, 0.05) is 27.1 Å². The molecule has 0 aliphatic carbocycles. The average molecular weight is 498 g/mol. The Balaban J connectivity index is 1.98. The number of rotatable bonds is 6. The van der Waals surface area contributed by atoms with Crippen LogP contribution in [0.15, 0.2) is 34.6 Å². The number of methoxy groups -OCH3 is 1. The first-order valence-corrected chi connectivity index (χ1v) is 10.4. The van der Waals surface area contributed by atoms with Gasteiger partial charge in [-0.1, -0.05) is 11.8 Å². The number of hydrogen-bond donors (Lipinski definition) is 2. The first kappa shape index (κ1) is 20.2. The number of fused-ring (bicyclic) bond motifs is 1. The predicted molar refractivity (Wildman–Crippen MR) is 117 cm³/mol. The molecule has 0 unspecified atom stereocenters. The van der Waals surface area contributed by atoms with Gasteiger partial charge in [0.15, 0.2) is 22.1 Å². The van der Waals surface area contributed by atoms with Gasteiger partial charge in [-0.05, 0) is 61.6 Å². The molecule has 144 valence electrons. The molecule has 0 atom stereocenters. The number of nitrogen functional groups attached to an aromatic ring is 1. The molecule has 0 bridgehead atoms. The van der Waals surface area contributed by atoms with Crippen molar-refractivity contribution in [1.29, 1.82) is 0 Å². The van der Waals surface area contributed by atoms with Crippen LogP contribution in [-0.2, 0) is 6.54 Å². The zero-order valence-electron chi connectivity index (χ0n) is 15.8. The van der Waals surface area contributed by atoms with E-state index in [1.807, 2.05) is 18.2 Å². The molecule has 2 heterocycles. The van der Waals surface area contributed by atoms with Crippen LogP contribution in [0, 0.1) is 3.57 Å². The van der Waals surface area contributed by atoms with E-state index in [9.17, 15) is 0 Å². The van der Waals surface area contributed by atoms with E-state index in [1.165, 1.54) is 6.33 Å². The van der Waals surface area contributed by atoms with E-state index in [1.54, 1.807) is 18.9 Å². The molecule has 7 nitrogen and oxygen atoms in total. The molecule has 27 heavy (non-hydrogen) atoms. The van der Waals surface area contributed by atoms with Crippen molar-refractivity contribution in [2.45, 2.75) is 42.9 Å². The zero-order valence-corrected chi connectivity index (χ0v) is 18.8. The van der Waals surface area contributed by atoms with E-state index in [-0.39, 0.29) is 5.54 Å². The van der Waals surface area contributed by atoms with E-state index in [0.29, 0.717) is 11.3 Å². The standard InChI is InChI=1S/C18H23IN6OS/c1-18(2,3)23-7-8-25-16-14(15(20)21-10-22-16)24-17(25)27-13-9-11(26-4)5-6-12(13)19/h5-6,9-10,23H,7-8H2,1-4H3,(H2,20,21,22). The summed E-state index contributed by atoms with van der Waals surface area (Å²) in [5.74, 6) is 1.21. The van der Waals surface area contributed by atoms with Crippen molar-refractivity contribution < 1.29 is 4.74 Å². The predicted octanol–water partition coefficient (Wildman–Crippen LogP) is 3.56. The zero-order chi connectivity index (χ0) is 19.6. The van der Waals surface area contributed by atoms with Gasteiger partial charge in [0.25, 0.3) is 0 Å². The van der Waals surface area contributed by atoms with Gasteiger partial charge in [-0.3, -0.25) is 0 Å². The summed E-state index contributed by atoms with van der Waals surface area (Å²) in [5.41, 5.74) is 7.46. The monoisotopic (exact) mass is 498 g/mol. The van der Waals surface area contributed by atoms with Crippen molar-refractivity contribution in [3.63, 3.8) is 0 Å². The number of nitrogens with one attached hydrogen (secondary N) is 1. The lowest BCUT2D eigenvalue weighted by Crippen LogP contribution is -2.37. The topological polar surface area (TPSA) is 90.9 Å². The fourth-order valence-electron chi connectivity index (χ4n) is 2.54. The Morgan fingerprint density at radius 2 is 2.07 bits per heavy atom. The van der Waals surface area contributed by atoms with Crippen molar-refractivity contribution >= 4 is 51.3 Å². The van der Waals surface area contributed by atoms with Gasteiger partial charge in [-0.2, -0.15) is 0 Å². The minimum atomic E-state index is 0.0415. The molecule has 2 aromatic heterocycles. The fourth-order valence-corrected chi connectivity index (χ4v) is 4.17. The van der Waals surface area contributed by atoms with Crippen molar-refractivity contribution in [3.05, 3.63) is 28.1 Å². The molecule has 3 N–H and O–H groups in total. The average Bonchev–Trinajstić information content (AvgIpc) is 2.95. The summed E-state index contributed by atoms with van der Waals surface area (Å²) < 4.78 is 8.58. The van der Waals surface area contributed by atoms with Crippen LogP contribution in [0.4, 0.5) is 5.82 Å². The molecular formula is C18H23IN6OS. The maximum atomic E-state index is 6.03. The second-order valence-electron chi connectivity index (χ2n) is 7.05. The largest absolute Gasteiger partial charge is 0.497 e. The van der Waals surface area contributed by atoms with Gasteiger partial charge in [-0.25, -0.2) is 15.0 Å². The number of anilines is 1. The highest BCUT2D eigenvalue weighted by Crippen LogP contribution is 2.35. The van der Waals surface area contributed by atoms with Gasteiger partial charge < -0.3 is 20.4 Å². The SMILES string of the molecule is COc1ccc(I)c(Sc2nc3c(N)ncnc3n2CCNC(C)(C)C)c1. The van der Waals surface area contributed by atoms with Gasteiger partial charge in [0.2, 0.25) is 0 Å². The molecule has 3 aromatic rings. The lowest BCUT2D eigenvalue weighted by Gasteiger charge is -2.21. The number of nitrogens with zero attached hydrogens (tertiary/aromatic N) is 4. The molecule has 0 fully saturated rings. The number of nitrogens with two attached hydrogens (primary N) is 1. The van der Waals surface area contributed by atoms with Crippen LogP contribution in [0.1, 0.15) is 20.8 Å². The third-order valence-corrected chi connectivity index (χ3v) is 6.21. The summed E-state index contributed by atoms with van der Waals surface area (Å²) >= 11 is 3.89. The third kappa shape index (κ3) is 4.82. The lowest BCUT2D eigenvalue weighted by molar-refractivity contribution is 0.409. The normalized spacial score (nSPS) is 11.9. The number of ether oxygens (including phenoxy) is 1. The van der Waals surface area contributed by atoms with Crippen molar-refractivity contribution in [2.24, 2.45) is 0 Å². The molecule has 0 aliphatic heterocycles. The maximum absolute atomic E-state index is 6.03. The van der Waals surface area contributed by atoms with Crippen LogP contribution in [0.5, 0.6) is 5.75 Å². The molecule has 0 aliphatic rings. The van der Waals surface area contributed by atoms with Crippen molar-refractivity contribution in [1.82, 2.24) is 24.8 Å². The first-order chi connectivity index (χ1) is 12.8. The number of hydrogen-bond acceptors (Lipinski definition) is 7. The lowest BCUT2D eigenvalue weighted by atomic mass is 10.1. The van der Waals surface area contributed by atoms with Crippen LogP contribution in [0.25, 0.3) is 11.2 Å². The maximum Gasteiger partial charge on any atom is 0.175 e. The third-order valence-electron chi connectivity index (χ3n) is 3.86. The molecule has 0 amide bonds. The quantitative estimate of drug-likeness (QED) is 0.503. The van der Waals surface area contributed by atoms with Crippen LogP contribution in [0.2, 0.25) is 0 Å². The van der Waals surface area contributed by atoms with E-state index in [0.717, 1.165) is 38.1 Å². The Kier molecular flexibility index (Phi) is 6.11. The number of imidazole rings is 1. The van der Waals surface area contributed by atoms with E-state index >= 15 is 0 Å². The second kappa shape index (κ2) is 8.19. The highest BCUT2D eigenvalue weighted by molar-refractivity contribution is 14.1. The Hall–Kier alpha value is -1.59. The Morgan fingerprint density at radius 3 is 2.78 bits per heavy atom. The molecular weight excluding hydrogens is 475 g/mol. The van der Waals surface area contributed by atoms with Crippen LogP contribution in [-0.4, -0.2) is 38.7 Å². The van der Waals surface area contributed by atoms with E-state index in [2.05, 4.69) is 63.2 Å². The molecule has 3 rings (SSSR count). The van der Waals surface area contributed by atoms with Crippen LogP contribution < -0.4 is 15.8 Å². The molecule has 1 aromatic carbocycles. The second-order valence-corrected chi connectivity index (χ2v) is 9.22. The fraction of sp³-hybridized carbons (Fsp3) is 0.389. The summed E-state index contributed by atoms with van der Waals surface area (Å²) in [6.07, 6.45) is 1.48. The first-order valence-electron chi connectivity index (χ1n) is 8.51. The molecule has 0 saturated carbocycles. The molecule has 0 saturated heterocycles. The number of halogens is 1. The highest BCUT2D eigenvalue weighted by atomic mass is 127. The molecule has 0 radical (unpaired) electrons.